The molecule has 0 atom stereocenters. The summed E-state index contributed by atoms with van der Waals surface area (Å²) in [6, 6.07) is 0. The minimum Gasteiger partial charge on any atom is -0.469 e. The maximum absolute atomic E-state index is 11.4. The number of nitrogens with zero attached hydrogens (tertiary/aromatic N) is 1. The first-order chi connectivity index (χ1) is 6.56. The van der Waals surface area contributed by atoms with E-state index in [1.807, 2.05) is 13.8 Å². The van der Waals surface area contributed by atoms with Gasteiger partial charge in [0.1, 0.15) is 0 Å². The fourth-order valence-corrected chi connectivity index (χ4v) is 1.66. The largest absolute Gasteiger partial charge is 0.469 e. The van der Waals surface area contributed by atoms with Gasteiger partial charge in [-0.1, -0.05) is 0 Å². The van der Waals surface area contributed by atoms with E-state index in [-0.39, 0.29) is 5.97 Å². The highest BCUT2D eigenvalue weighted by molar-refractivity contribution is 5.76. The predicted octanol–water partition coefficient (Wildman–Crippen LogP) is 0.518. The maximum atomic E-state index is 11.4. The Labute approximate surface area is 85.2 Å². The standard InChI is InChI=1S/C10H19NO3/c1-10(2,9(12)13-3)8-11-4-6-14-7-5-11/h4-8H2,1-3H3. The van der Waals surface area contributed by atoms with Gasteiger partial charge in [0, 0.05) is 19.6 Å². The lowest BCUT2D eigenvalue weighted by molar-refractivity contribution is -0.152. The molecule has 82 valence electrons. The van der Waals surface area contributed by atoms with Gasteiger partial charge in [-0.25, -0.2) is 0 Å². The monoisotopic (exact) mass is 201 g/mol. The molecule has 0 aromatic rings. The first-order valence-corrected chi connectivity index (χ1v) is 4.95. The summed E-state index contributed by atoms with van der Waals surface area (Å²) < 4.78 is 10.0. The van der Waals surface area contributed by atoms with Crippen LogP contribution in [0.3, 0.4) is 0 Å². The van der Waals surface area contributed by atoms with Crippen molar-refractivity contribution in [2.24, 2.45) is 5.41 Å². The fraction of sp³-hybridized carbons (Fsp3) is 0.900. The van der Waals surface area contributed by atoms with Crippen LogP contribution in [-0.2, 0) is 14.3 Å². The van der Waals surface area contributed by atoms with Crippen molar-refractivity contribution >= 4 is 5.97 Å². The molecular weight excluding hydrogens is 182 g/mol. The van der Waals surface area contributed by atoms with Gasteiger partial charge in [-0.15, -0.1) is 0 Å². The average molecular weight is 201 g/mol. The topological polar surface area (TPSA) is 38.8 Å². The van der Waals surface area contributed by atoms with Crippen LogP contribution in [0.25, 0.3) is 0 Å². The number of methoxy groups -OCH3 is 1. The van der Waals surface area contributed by atoms with Gasteiger partial charge in [0.05, 0.1) is 25.7 Å². The van der Waals surface area contributed by atoms with Gasteiger partial charge >= 0.3 is 5.97 Å². The Morgan fingerprint density at radius 3 is 2.50 bits per heavy atom. The SMILES string of the molecule is COC(=O)C(C)(C)CN1CCOCC1. The molecule has 1 rings (SSSR count). The summed E-state index contributed by atoms with van der Waals surface area (Å²) in [4.78, 5) is 13.7. The highest BCUT2D eigenvalue weighted by atomic mass is 16.5. The molecule has 0 aromatic carbocycles. The molecule has 0 spiro atoms. The molecule has 0 radical (unpaired) electrons. The van der Waals surface area contributed by atoms with E-state index in [4.69, 9.17) is 9.47 Å². The number of carbonyl (C=O) groups excluding carboxylic acids is 1. The van der Waals surface area contributed by atoms with Gasteiger partial charge < -0.3 is 9.47 Å². The molecule has 0 N–H and O–H groups in total. The molecule has 1 aliphatic heterocycles. The van der Waals surface area contributed by atoms with Gasteiger partial charge in [0.15, 0.2) is 0 Å². The Kier molecular flexibility index (Phi) is 3.89. The predicted molar refractivity (Wildman–Crippen MR) is 53.1 cm³/mol. The van der Waals surface area contributed by atoms with Crippen LogP contribution in [0.4, 0.5) is 0 Å². The number of carbonyl (C=O) groups is 1. The van der Waals surface area contributed by atoms with Crippen LogP contribution in [0, 0.1) is 5.41 Å². The molecule has 4 heteroatoms. The van der Waals surface area contributed by atoms with Crippen LogP contribution in [0.15, 0.2) is 0 Å². The van der Waals surface area contributed by atoms with Gasteiger partial charge in [-0.3, -0.25) is 9.69 Å². The zero-order valence-electron chi connectivity index (χ0n) is 9.21. The second kappa shape index (κ2) is 4.75. The smallest absolute Gasteiger partial charge is 0.312 e. The molecule has 0 aliphatic carbocycles. The molecule has 1 aliphatic rings. The van der Waals surface area contributed by atoms with E-state index in [9.17, 15) is 4.79 Å². The summed E-state index contributed by atoms with van der Waals surface area (Å²) in [7, 11) is 1.43. The Bertz CT molecular complexity index is 198. The summed E-state index contributed by atoms with van der Waals surface area (Å²) >= 11 is 0. The lowest BCUT2D eigenvalue weighted by Crippen LogP contribution is -2.45. The summed E-state index contributed by atoms with van der Waals surface area (Å²) in [5.41, 5.74) is -0.425. The van der Waals surface area contributed by atoms with Crippen molar-refractivity contribution in [2.45, 2.75) is 13.8 Å². The fourth-order valence-electron chi connectivity index (χ4n) is 1.66. The molecular formula is C10H19NO3. The second-order valence-electron chi connectivity index (χ2n) is 4.26. The zero-order valence-corrected chi connectivity index (χ0v) is 9.21. The van der Waals surface area contributed by atoms with E-state index < -0.39 is 5.41 Å². The lowest BCUT2D eigenvalue weighted by atomic mass is 9.93. The van der Waals surface area contributed by atoms with Gasteiger partial charge in [0.2, 0.25) is 0 Å². The van der Waals surface area contributed by atoms with E-state index in [0.29, 0.717) is 0 Å². The molecule has 1 fully saturated rings. The molecule has 0 bridgehead atoms. The number of ether oxygens (including phenoxy) is 2. The summed E-state index contributed by atoms with van der Waals surface area (Å²) in [6.07, 6.45) is 0. The van der Waals surface area contributed by atoms with Crippen LogP contribution in [0.1, 0.15) is 13.8 Å². The Morgan fingerprint density at radius 2 is 2.00 bits per heavy atom. The van der Waals surface area contributed by atoms with Crippen LogP contribution >= 0.6 is 0 Å². The van der Waals surface area contributed by atoms with Crippen LogP contribution in [-0.4, -0.2) is 50.8 Å². The number of esters is 1. The highest BCUT2D eigenvalue weighted by Gasteiger charge is 2.31. The van der Waals surface area contributed by atoms with Gasteiger partial charge in [-0.2, -0.15) is 0 Å². The lowest BCUT2D eigenvalue weighted by Gasteiger charge is -2.32. The molecule has 0 amide bonds. The summed E-state index contributed by atoms with van der Waals surface area (Å²) in [5, 5.41) is 0. The number of morpholine rings is 1. The third-order valence-electron chi connectivity index (χ3n) is 2.46. The van der Waals surface area contributed by atoms with Crippen molar-refractivity contribution in [3.8, 4) is 0 Å². The van der Waals surface area contributed by atoms with Crippen molar-refractivity contribution in [1.29, 1.82) is 0 Å². The third kappa shape index (κ3) is 2.96. The van der Waals surface area contributed by atoms with E-state index in [2.05, 4.69) is 4.90 Å². The van der Waals surface area contributed by atoms with E-state index in [0.717, 1.165) is 32.8 Å². The van der Waals surface area contributed by atoms with Crippen molar-refractivity contribution < 1.29 is 14.3 Å². The first-order valence-electron chi connectivity index (χ1n) is 4.95. The van der Waals surface area contributed by atoms with Crippen LogP contribution < -0.4 is 0 Å². The summed E-state index contributed by atoms with van der Waals surface area (Å²) in [6.45, 7) is 7.89. The molecule has 0 unspecified atom stereocenters. The minimum absolute atomic E-state index is 0.149. The molecule has 0 aromatic heterocycles. The van der Waals surface area contributed by atoms with E-state index >= 15 is 0 Å². The van der Waals surface area contributed by atoms with Crippen LogP contribution in [0.5, 0.6) is 0 Å². The molecule has 14 heavy (non-hydrogen) atoms. The Hall–Kier alpha value is -0.610. The molecule has 4 nitrogen and oxygen atoms in total. The quantitative estimate of drug-likeness (QED) is 0.624. The van der Waals surface area contributed by atoms with Crippen molar-refractivity contribution in [3.05, 3.63) is 0 Å². The maximum Gasteiger partial charge on any atom is 0.312 e. The molecule has 0 saturated carbocycles. The average Bonchev–Trinajstić information content (AvgIpc) is 2.17. The third-order valence-corrected chi connectivity index (χ3v) is 2.46. The number of hydrogen-bond acceptors (Lipinski definition) is 4. The summed E-state index contributed by atoms with van der Waals surface area (Å²) in [5.74, 6) is -0.149. The minimum atomic E-state index is -0.425. The van der Waals surface area contributed by atoms with Crippen LogP contribution in [0.2, 0.25) is 0 Å². The Balaban J connectivity index is 2.44. The van der Waals surface area contributed by atoms with E-state index in [1.165, 1.54) is 7.11 Å². The van der Waals surface area contributed by atoms with Crippen molar-refractivity contribution in [2.75, 3.05) is 40.0 Å². The Morgan fingerprint density at radius 1 is 1.43 bits per heavy atom. The number of rotatable bonds is 3. The van der Waals surface area contributed by atoms with Crippen molar-refractivity contribution in [1.82, 2.24) is 4.90 Å². The molecule has 1 heterocycles. The zero-order chi connectivity index (χ0) is 10.6. The molecule has 1 saturated heterocycles. The second-order valence-corrected chi connectivity index (χ2v) is 4.26. The highest BCUT2D eigenvalue weighted by Crippen LogP contribution is 2.19. The van der Waals surface area contributed by atoms with Crippen molar-refractivity contribution in [3.63, 3.8) is 0 Å². The first kappa shape index (κ1) is 11.5. The van der Waals surface area contributed by atoms with Gasteiger partial charge in [0.25, 0.3) is 0 Å². The van der Waals surface area contributed by atoms with Gasteiger partial charge in [-0.05, 0) is 13.8 Å². The van der Waals surface area contributed by atoms with E-state index in [1.54, 1.807) is 0 Å². The normalized spacial score (nSPS) is 19.4. The number of hydrogen-bond donors (Lipinski definition) is 0.